The first-order valence-corrected chi connectivity index (χ1v) is 7.06. The van der Waals surface area contributed by atoms with Gasteiger partial charge >= 0.3 is 5.97 Å². The summed E-state index contributed by atoms with van der Waals surface area (Å²) in [5.74, 6) is -0.490. The lowest BCUT2D eigenvalue weighted by Crippen LogP contribution is -2.38. The number of piperidine rings is 1. The van der Waals surface area contributed by atoms with Gasteiger partial charge in [0, 0.05) is 6.54 Å². The minimum Gasteiger partial charge on any atom is -0.481 e. The molecule has 3 rings (SSSR count). The third-order valence-corrected chi connectivity index (χ3v) is 3.89. The zero-order valence-corrected chi connectivity index (χ0v) is 11.6. The molecule has 1 atom stereocenters. The summed E-state index contributed by atoms with van der Waals surface area (Å²) in [6.07, 6.45) is 1.57. The molecule has 1 aromatic heterocycles. The Kier molecular flexibility index (Phi) is 3.70. The number of aromatic nitrogens is 2. The molecule has 2 heterocycles. The number of hydrogen-bond acceptors (Lipinski definition) is 4. The number of hydrogen-bond donors (Lipinski definition) is 2. The van der Waals surface area contributed by atoms with Gasteiger partial charge in [0.25, 0.3) is 5.56 Å². The first-order chi connectivity index (χ1) is 10.1. The molecule has 110 valence electrons. The smallest absolute Gasteiger partial charge is 0.307 e. The lowest BCUT2D eigenvalue weighted by Gasteiger charge is -2.30. The lowest BCUT2D eigenvalue weighted by atomic mass is 9.98. The highest BCUT2D eigenvalue weighted by Crippen LogP contribution is 2.18. The van der Waals surface area contributed by atoms with Crippen molar-refractivity contribution >= 4 is 16.9 Å². The number of carboxylic acids is 1. The number of rotatable bonds is 3. The fraction of sp³-hybridized carbons (Fsp3) is 0.400. The SMILES string of the molecule is O=C(O)C1CCCN(Cc2nc3ccccc3c(=O)[nH]2)C1. The molecule has 1 aromatic carbocycles. The van der Waals surface area contributed by atoms with E-state index in [1.54, 1.807) is 12.1 Å². The number of nitrogens with one attached hydrogen (secondary N) is 1. The van der Waals surface area contributed by atoms with Crippen LogP contribution in [0.25, 0.3) is 10.9 Å². The second-order valence-corrected chi connectivity index (χ2v) is 5.44. The third-order valence-electron chi connectivity index (χ3n) is 3.89. The van der Waals surface area contributed by atoms with Gasteiger partial charge in [0.2, 0.25) is 0 Å². The van der Waals surface area contributed by atoms with Crippen molar-refractivity contribution in [2.24, 2.45) is 5.92 Å². The summed E-state index contributed by atoms with van der Waals surface area (Å²) in [6, 6.07) is 7.21. The van der Waals surface area contributed by atoms with E-state index >= 15 is 0 Å². The molecular formula is C15H17N3O3. The van der Waals surface area contributed by atoms with E-state index in [1.165, 1.54) is 0 Å². The maximum absolute atomic E-state index is 12.0. The number of aromatic amines is 1. The van der Waals surface area contributed by atoms with E-state index < -0.39 is 5.97 Å². The van der Waals surface area contributed by atoms with Crippen LogP contribution >= 0.6 is 0 Å². The molecule has 0 radical (unpaired) electrons. The van der Waals surface area contributed by atoms with Crippen molar-refractivity contribution < 1.29 is 9.90 Å². The number of carboxylic acid groups (broad SMARTS) is 1. The van der Waals surface area contributed by atoms with Crippen LogP contribution in [0, 0.1) is 5.92 Å². The van der Waals surface area contributed by atoms with Crippen molar-refractivity contribution in [3.8, 4) is 0 Å². The average Bonchev–Trinajstić information content (AvgIpc) is 2.47. The molecule has 0 amide bonds. The van der Waals surface area contributed by atoms with Crippen LogP contribution in [0.4, 0.5) is 0 Å². The summed E-state index contributed by atoms with van der Waals surface area (Å²) in [5.41, 5.74) is 0.519. The standard InChI is InChI=1S/C15H17N3O3/c19-14-11-5-1-2-6-12(11)16-13(17-14)9-18-7-3-4-10(8-18)15(20)21/h1-2,5-6,10H,3-4,7-9H2,(H,20,21)(H,16,17,19). The largest absolute Gasteiger partial charge is 0.481 e. The third kappa shape index (κ3) is 2.95. The van der Waals surface area contributed by atoms with E-state index in [0.717, 1.165) is 13.0 Å². The maximum Gasteiger partial charge on any atom is 0.307 e. The van der Waals surface area contributed by atoms with Crippen LogP contribution in [0.2, 0.25) is 0 Å². The molecule has 1 aliphatic rings. The molecule has 0 bridgehead atoms. The van der Waals surface area contributed by atoms with E-state index in [1.807, 2.05) is 17.0 Å². The molecule has 6 heteroatoms. The molecule has 0 spiro atoms. The Hall–Kier alpha value is -2.21. The average molecular weight is 287 g/mol. The molecule has 21 heavy (non-hydrogen) atoms. The Bertz CT molecular complexity index is 725. The molecule has 1 unspecified atom stereocenters. The van der Waals surface area contributed by atoms with Crippen LogP contribution in [-0.2, 0) is 11.3 Å². The summed E-state index contributed by atoms with van der Waals surface area (Å²) >= 11 is 0. The summed E-state index contributed by atoms with van der Waals surface area (Å²) in [6.45, 7) is 1.82. The molecule has 1 fully saturated rings. The number of carbonyl (C=O) groups is 1. The number of H-pyrrole nitrogens is 1. The van der Waals surface area contributed by atoms with Crippen LogP contribution in [-0.4, -0.2) is 39.0 Å². The fourth-order valence-corrected chi connectivity index (χ4v) is 2.82. The van der Waals surface area contributed by atoms with E-state index in [4.69, 9.17) is 5.11 Å². The summed E-state index contributed by atoms with van der Waals surface area (Å²) in [7, 11) is 0. The first kappa shape index (κ1) is 13.8. The molecule has 2 aromatic rings. The van der Waals surface area contributed by atoms with Gasteiger partial charge in [0.05, 0.1) is 23.4 Å². The minimum atomic E-state index is -0.750. The van der Waals surface area contributed by atoms with Gasteiger partial charge in [0.15, 0.2) is 0 Å². The number of likely N-dealkylation sites (tertiary alicyclic amines) is 1. The molecule has 1 saturated heterocycles. The second-order valence-electron chi connectivity index (χ2n) is 5.44. The summed E-state index contributed by atoms with van der Waals surface area (Å²) in [4.78, 5) is 32.4. The second kappa shape index (κ2) is 5.65. The Labute approximate surface area is 121 Å². The lowest BCUT2D eigenvalue weighted by molar-refractivity contribution is -0.143. The van der Waals surface area contributed by atoms with Gasteiger partial charge in [-0.05, 0) is 31.5 Å². The van der Waals surface area contributed by atoms with Crippen LogP contribution in [0.3, 0.4) is 0 Å². The first-order valence-electron chi connectivity index (χ1n) is 7.06. The molecule has 1 aliphatic heterocycles. The van der Waals surface area contributed by atoms with E-state index in [2.05, 4.69) is 9.97 Å². The zero-order chi connectivity index (χ0) is 14.8. The molecule has 2 N–H and O–H groups in total. The monoisotopic (exact) mass is 287 g/mol. The normalized spacial score (nSPS) is 19.7. The van der Waals surface area contributed by atoms with Crippen LogP contribution in [0.1, 0.15) is 18.7 Å². The number of aliphatic carboxylic acids is 1. The van der Waals surface area contributed by atoms with Crippen molar-refractivity contribution in [2.45, 2.75) is 19.4 Å². The van der Waals surface area contributed by atoms with Crippen LogP contribution < -0.4 is 5.56 Å². The quantitative estimate of drug-likeness (QED) is 0.886. The summed E-state index contributed by atoms with van der Waals surface area (Å²) < 4.78 is 0. The Morgan fingerprint density at radius 2 is 2.24 bits per heavy atom. The highest BCUT2D eigenvalue weighted by atomic mass is 16.4. The van der Waals surface area contributed by atoms with E-state index in [0.29, 0.717) is 36.2 Å². The van der Waals surface area contributed by atoms with Gasteiger partial charge in [-0.15, -0.1) is 0 Å². The Morgan fingerprint density at radius 3 is 3.05 bits per heavy atom. The fourth-order valence-electron chi connectivity index (χ4n) is 2.82. The number of fused-ring (bicyclic) bond motifs is 1. The zero-order valence-electron chi connectivity index (χ0n) is 11.6. The van der Waals surface area contributed by atoms with Gasteiger partial charge in [-0.2, -0.15) is 0 Å². The van der Waals surface area contributed by atoms with Crippen molar-refractivity contribution in [3.05, 3.63) is 40.4 Å². The molecule has 6 nitrogen and oxygen atoms in total. The van der Waals surface area contributed by atoms with Gasteiger partial charge in [-0.1, -0.05) is 12.1 Å². The molecular weight excluding hydrogens is 270 g/mol. The highest BCUT2D eigenvalue weighted by Gasteiger charge is 2.25. The van der Waals surface area contributed by atoms with Crippen molar-refractivity contribution in [2.75, 3.05) is 13.1 Å². The van der Waals surface area contributed by atoms with Gasteiger partial charge in [-0.3, -0.25) is 14.5 Å². The maximum atomic E-state index is 12.0. The van der Waals surface area contributed by atoms with E-state index in [-0.39, 0.29) is 11.5 Å². The number of benzene rings is 1. The van der Waals surface area contributed by atoms with Crippen molar-refractivity contribution in [1.29, 1.82) is 0 Å². The van der Waals surface area contributed by atoms with Crippen molar-refractivity contribution in [3.63, 3.8) is 0 Å². The number of para-hydroxylation sites is 1. The minimum absolute atomic E-state index is 0.151. The number of nitrogens with zero attached hydrogens (tertiary/aromatic N) is 2. The van der Waals surface area contributed by atoms with Crippen molar-refractivity contribution in [1.82, 2.24) is 14.9 Å². The highest BCUT2D eigenvalue weighted by molar-refractivity contribution is 5.77. The topological polar surface area (TPSA) is 86.3 Å². The predicted molar refractivity (Wildman–Crippen MR) is 78.0 cm³/mol. The predicted octanol–water partition coefficient (Wildman–Crippen LogP) is 1.22. The van der Waals surface area contributed by atoms with Gasteiger partial charge in [-0.25, -0.2) is 4.98 Å². The Morgan fingerprint density at radius 1 is 1.43 bits per heavy atom. The molecule has 0 aliphatic carbocycles. The molecule has 0 saturated carbocycles. The summed E-state index contributed by atoms with van der Waals surface area (Å²) in [5, 5.41) is 9.68. The van der Waals surface area contributed by atoms with Gasteiger partial charge in [0.1, 0.15) is 5.82 Å². The van der Waals surface area contributed by atoms with Crippen LogP contribution in [0.15, 0.2) is 29.1 Å². The van der Waals surface area contributed by atoms with Crippen LogP contribution in [0.5, 0.6) is 0 Å². The van der Waals surface area contributed by atoms with E-state index in [9.17, 15) is 9.59 Å². The van der Waals surface area contributed by atoms with Gasteiger partial charge < -0.3 is 10.1 Å². The Balaban J connectivity index is 1.81.